The van der Waals surface area contributed by atoms with Crippen LogP contribution in [0, 0.1) is 0 Å². The Morgan fingerprint density at radius 1 is 0.900 bits per heavy atom. The summed E-state index contributed by atoms with van der Waals surface area (Å²) in [6, 6.07) is 0. The summed E-state index contributed by atoms with van der Waals surface area (Å²) in [6.45, 7) is 10.7. The first-order chi connectivity index (χ1) is 9.70. The Kier molecular flexibility index (Phi) is 9.39. The van der Waals surface area contributed by atoms with E-state index in [2.05, 4.69) is 11.8 Å². The maximum Gasteiger partial charge on any atom is 0.0897 e. The van der Waals surface area contributed by atoms with Gasteiger partial charge in [-0.1, -0.05) is 20.3 Å². The number of β-amino-alcohol motifs (C(OH)–C–C–N with tert-alkyl or cyclic N) is 1. The number of hydrogen-bond donors (Lipinski definition) is 1. The Bertz CT molecular complexity index is 232. The van der Waals surface area contributed by atoms with Gasteiger partial charge in [0.25, 0.3) is 0 Å². The van der Waals surface area contributed by atoms with Crippen LogP contribution in [-0.4, -0.2) is 74.9 Å². The average molecular weight is 289 g/mol. The minimum Gasteiger partial charge on any atom is -0.387 e. The van der Waals surface area contributed by atoms with E-state index in [-0.39, 0.29) is 0 Å². The molecule has 1 rings (SSSR count). The van der Waals surface area contributed by atoms with E-state index in [1.54, 1.807) is 0 Å². The molecule has 1 fully saturated rings. The van der Waals surface area contributed by atoms with E-state index >= 15 is 0 Å². The van der Waals surface area contributed by atoms with Crippen molar-refractivity contribution < 1.29 is 19.3 Å². The van der Waals surface area contributed by atoms with Gasteiger partial charge in [0, 0.05) is 26.2 Å². The maximum atomic E-state index is 9.85. The van der Waals surface area contributed by atoms with Gasteiger partial charge in [-0.3, -0.25) is 4.90 Å². The summed E-state index contributed by atoms with van der Waals surface area (Å²) in [6.07, 6.45) is 3.12. The fraction of sp³-hybridized carbons (Fsp3) is 1.00. The standard InChI is InChI=1S/C15H31NO4/c1-3-5-7-18-9-11-20-12-10-19-8-6-16-13-15(17,4-2)14-16/h17H,3-14H2,1-2H3. The van der Waals surface area contributed by atoms with Crippen LogP contribution in [0.3, 0.4) is 0 Å². The summed E-state index contributed by atoms with van der Waals surface area (Å²) in [5.41, 5.74) is -0.444. The van der Waals surface area contributed by atoms with E-state index in [0.29, 0.717) is 33.0 Å². The minimum atomic E-state index is -0.444. The summed E-state index contributed by atoms with van der Waals surface area (Å²) < 4.78 is 16.3. The van der Waals surface area contributed by atoms with Gasteiger partial charge in [0.05, 0.1) is 38.6 Å². The van der Waals surface area contributed by atoms with Crippen LogP contribution in [0.2, 0.25) is 0 Å². The molecular formula is C15H31NO4. The van der Waals surface area contributed by atoms with Crippen LogP contribution in [0.5, 0.6) is 0 Å². The highest BCUT2D eigenvalue weighted by atomic mass is 16.5. The number of hydrogen-bond acceptors (Lipinski definition) is 5. The van der Waals surface area contributed by atoms with Gasteiger partial charge >= 0.3 is 0 Å². The molecule has 1 saturated heterocycles. The lowest BCUT2D eigenvalue weighted by Gasteiger charge is -2.46. The van der Waals surface area contributed by atoms with Crippen molar-refractivity contribution in [2.45, 2.75) is 38.7 Å². The minimum absolute atomic E-state index is 0.444. The topological polar surface area (TPSA) is 51.2 Å². The SMILES string of the molecule is CCCCOCCOCCOCCN1CC(O)(CC)C1. The molecule has 5 nitrogen and oxygen atoms in total. The van der Waals surface area contributed by atoms with Crippen LogP contribution in [0.25, 0.3) is 0 Å². The Morgan fingerprint density at radius 2 is 1.45 bits per heavy atom. The van der Waals surface area contributed by atoms with E-state index in [1.165, 1.54) is 6.42 Å². The number of aliphatic hydroxyl groups is 1. The van der Waals surface area contributed by atoms with Crippen LogP contribution in [0.4, 0.5) is 0 Å². The van der Waals surface area contributed by atoms with Crippen LogP contribution in [-0.2, 0) is 14.2 Å². The van der Waals surface area contributed by atoms with Gasteiger partial charge in [-0.15, -0.1) is 0 Å². The van der Waals surface area contributed by atoms with Gasteiger partial charge in [-0.25, -0.2) is 0 Å². The molecule has 1 aliphatic rings. The molecule has 0 bridgehead atoms. The normalized spacial score (nSPS) is 18.1. The summed E-state index contributed by atoms with van der Waals surface area (Å²) in [4.78, 5) is 2.21. The Balaban J connectivity index is 1.73. The van der Waals surface area contributed by atoms with Crippen LogP contribution >= 0.6 is 0 Å². The third kappa shape index (κ3) is 7.55. The molecule has 0 aliphatic carbocycles. The van der Waals surface area contributed by atoms with E-state index in [0.717, 1.165) is 39.1 Å². The van der Waals surface area contributed by atoms with Crippen molar-refractivity contribution in [2.75, 3.05) is 59.3 Å². The second kappa shape index (κ2) is 10.5. The van der Waals surface area contributed by atoms with Crippen molar-refractivity contribution in [3.63, 3.8) is 0 Å². The molecule has 20 heavy (non-hydrogen) atoms. The number of likely N-dealkylation sites (tertiary alicyclic amines) is 1. The highest BCUT2D eigenvalue weighted by Gasteiger charge is 2.38. The van der Waals surface area contributed by atoms with Gasteiger partial charge in [0.1, 0.15) is 0 Å². The largest absolute Gasteiger partial charge is 0.387 e. The summed E-state index contributed by atoms with van der Waals surface area (Å²) >= 11 is 0. The zero-order chi connectivity index (χ0) is 14.7. The van der Waals surface area contributed by atoms with Crippen molar-refractivity contribution in [1.29, 1.82) is 0 Å². The fourth-order valence-electron chi connectivity index (χ4n) is 2.15. The lowest BCUT2D eigenvalue weighted by atomic mass is 9.91. The van der Waals surface area contributed by atoms with Crippen molar-refractivity contribution in [2.24, 2.45) is 0 Å². The third-order valence-corrected chi connectivity index (χ3v) is 3.63. The predicted molar refractivity (Wildman–Crippen MR) is 79.0 cm³/mol. The fourth-order valence-corrected chi connectivity index (χ4v) is 2.15. The molecule has 0 aromatic carbocycles. The monoisotopic (exact) mass is 289 g/mol. The molecule has 5 heteroatoms. The highest BCUT2D eigenvalue weighted by molar-refractivity contribution is 4.93. The van der Waals surface area contributed by atoms with Gasteiger partial charge in [-0.05, 0) is 12.8 Å². The van der Waals surface area contributed by atoms with Crippen molar-refractivity contribution >= 4 is 0 Å². The van der Waals surface area contributed by atoms with Gasteiger partial charge in [0.2, 0.25) is 0 Å². The first-order valence-corrected chi connectivity index (χ1v) is 7.88. The Morgan fingerprint density at radius 3 is 2.00 bits per heavy atom. The van der Waals surface area contributed by atoms with Gasteiger partial charge in [-0.2, -0.15) is 0 Å². The van der Waals surface area contributed by atoms with Crippen molar-refractivity contribution in [3.8, 4) is 0 Å². The quantitative estimate of drug-likeness (QED) is 0.518. The second-order valence-corrected chi connectivity index (χ2v) is 5.48. The zero-order valence-electron chi connectivity index (χ0n) is 13.1. The molecule has 0 radical (unpaired) electrons. The van der Waals surface area contributed by atoms with Gasteiger partial charge < -0.3 is 19.3 Å². The molecule has 0 atom stereocenters. The third-order valence-electron chi connectivity index (χ3n) is 3.63. The maximum absolute atomic E-state index is 9.85. The van der Waals surface area contributed by atoms with Gasteiger partial charge in [0.15, 0.2) is 0 Å². The summed E-state index contributed by atoms with van der Waals surface area (Å²) in [5, 5.41) is 9.85. The van der Waals surface area contributed by atoms with Crippen molar-refractivity contribution in [3.05, 3.63) is 0 Å². The molecule has 0 aromatic rings. The molecule has 1 heterocycles. The lowest BCUT2D eigenvalue weighted by Crippen LogP contribution is -2.61. The van der Waals surface area contributed by atoms with E-state index in [4.69, 9.17) is 14.2 Å². The molecule has 0 aromatic heterocycles. The number of unbranched alkanes of at least 4 members (excludes halogenated alkanes) is 1. The molecule has 0 unspecified atom stereocenters. The Labute approximate surface area is 123 Å². The smallest absolute Gasteiger partial charge is 0.0897 e. The molecule has 0 amide bonds. The molecule has 0 spiro atoms. The van der Waals surface area contributed by atoms with Crippen LogP contribution in [0.15, 0.2) is 0 Å². The number of nitrogens with zero attached hydrogens (tertiary/aromatic N) is 1. The molecule has 1 aliphatic heterocycles. The zero-order valence-corrected chi connectivity index (χ0v) is 13.1. The molecule has 1 N–H and O–H groups in total. The van der Waals surface area contributed by atoms with E-state index in [9.17, 15) is 5.11 Å². The number of ether oxygens (including phenoxy) is 3. The molecular weight excluding hydrogens is 258 g/mol. The first-order valence-electron chi connectivity index (χ1n) is 7.88. The van der Waals surface area contributed by atoms with E-state index < -0.39 is 5.60 Å². The highest BCUT2D eigenvalue weighted by Crippen LogP contribution is 2.23. The average Bonchev–Trinajstić information content (AvgIpc) is 2.42. The summed E-state index contributed by atoms with van der Waals surface area (Å²) in [7, 11) is 0. The van der Waals surface area contributed by atoms with Crippen LogP contribution < -0.4 is 0 Å². The second-order valence-electron chi connectivity index (χ2n) is 5.48. The first kappa shape index (κ1) is 17.9. The van der Waals surface area contributed by atoms with E-state index in [1.807, 2.05) is 6.92 Å². The van der Waals surface area contributed by atoms with Crippen LogP contribution in [0.1, 0.15) is 33.1 Å². The Hall–Kier alpha value is -0.200. The van der Waals surface area contributed by atoms with Crippen molar-refractivity contribution in [1.82, 2.24) is 4.90 Å². The molecule has 120 valence electrons. The lowest BCUT2D eigenvalue weighted by molar-refractivity contribution is -0.106. The summed E-state index contributed by atoms with van der Waals surface area (Å²) in [5.74, 6) is 0. The predicted octanol–water partition coefficient (Wildman–Crippen LogP) is 1.29. The number of rotatable bonds is 13. The molecule has 0 saturated carbocycles.